The lowest BCUT2D eigenvalue weighted by Crippen LogP contribution is -2.38. The van der Waals surface area contributed by atoms with Crippen LogP contribution in [0.15, 0.2) is 18.2 Å². The minimum Gasteiger partial charge on any atom is -0.494 e. The summed E-state index contributed by atoms with van der Waals surface area (Å²) >= 11 is 0. The van der Waals surface area contributed by atoms with Crippen molar-refractivity contribution >= 4 is 0 Å². The van der Waals surface area contributed by atoms with Crippen molar-refractivity contribution in [3.63, 3.8) is 0 Å². The molecule has 1 unspecified atom stereocenters. The molecule has 0 heterocycles. The zero-order valence-corrected chi connectivity index (χ0v) is 12.6. The van der Waals surface area contributed by atoms with E-state index in [1.54, 1.807) is 12.1 Å². The molecular formula is C16H25FN2O. The number of nitrogens with two attached hydrogens (primary N) is 1. The molecule has 0 aliphatic heterocycles. The first-order valence-electron chi connectivity index (χ1n) is 7.36. The van der Waals surface area contributed by atoms with E-state index in [2.05, 4.69) is 18.7 Å². The van der Waals surface area contributed by atoms with E-state index < -0.39 is 0 Å². The van der Waals surface area contributed by atoms with Crippen molar-refractivity contribution in [1.29, 1.82) is 0 Å². The van der Waals surface area contributed by atoms with Crippen LogP contribution in [-0.2, 0) is 0 Å². The van der Waals surface area contributed by atoms with Crippen LogP contribution in [0, 0.1) is 11.7 Å². The van der Waals surface area contributed by atoms with Crippen LogP contribution in [0.3, 0.4) is 0 Å². The fourth-order valence-corrected chi connectivity index (χ4v) is 2.71. The molecule has 112 valence electrons. The van der Waals surface area contributed by atoms with Gasteiger partial charge in [-0.15, -0.1) is 0 Å². The van der Waals surface area contributed by atoms with Crippen LogP contribution < -0.4 is 10.5 Å². The van der Waals surface area contributed by atoms with Crippen LogP contribution in [0.25, 0.3) is 0 Å². The summed E-state index contributed by atoms with van der Waals surface area (Å²) in [6, 6.07) is 5.87. The minimum atomic E-state index is -0.316. The first-order chi connectivity index (χ1) is 9.56. The Morgan fingerprint density at radius 2 is 2.10 bits per heavy atom. The predicted octanol–water partition coefficient (Wildman–Crippen LogP) is 2.95. The second-order valence-electron chi connectivity index (χ2n) is 5.97. The normalized spacial score (nSPS) is 16.8. The Hall–Kier alpha value is -1.13. The number of methoxy groups -OCH3 is 1. The number of benzene rings is 1. The maximum absolute atomic E-state index is 13.9. The third-order valence-corrected chi connectivity index (χ3v) is 3.78. The molecule has 20 heavy (non-hydrogen) atoms. The summed E-state index contributed by atoms with van der Waals surface area (Å²) in [6.07, 6.45) is 2.45. The van der Waals surface area contributed by atoms with E-state index in [-0.39, 0.29) is 17.6 Å². The number of ether oxygens (including phenoxy) is 1. The molecule has 1 aromatic carbocycles. The molecule has 1 fully saturated rings. The summed E-state index contributed by atoms with van der Waals surface area (Å²) in [7, 11) is 1.48. The number of hydrogen-bond acceptors (Lipinski definition) is 3. The van der Waals surface area contributed by atoms with Gasteiger partial charge in [0.1, 0.15) is 0 Å². The fourth-order valence-electron chi connectivity index (χ4n) is 2.71. The third-order valence-electron chi connectivity index (χ3n) is 3.78. The lowest BCUT2D eigenvalue weighted by atomic mass is 10.0. The van der Waals surface area contributed by atoms with Gasteiger partial charge in [0.2, 0.25) is 0 Å². The minimum absolute atomic E-state index is 0.0882. The molecule has 1 saturated carbocycles. The first-order valence-corrected chi connectivity index (χ1v) is 7.36. The molecule has 3 nitrogen and oxygen atoms in total. The molecule has 2 rings (SSSR count). The van der Waals surface area contributed by atoms with E-state index in [9.17, 15) is 4.39 Å². The summed E-state index contributed by atoms with van der Waals surface area (Å²) in [4.78, 5) is 2.44. The van der Waals surface area contributed by atoms with Gasteiger partial charge >= 0.3 is 0 Å². The molecule has 0 saturated heterocycles. The lowest BCUT2D eigenvalue weighted by Gasteiger charge is -2.33. The van der Waals surface area contributed by atoms with Gasteiger partial charge in [0.15, 0.2) is 11.6 Å². The number of hydrogen-bond donors (Lipinski definition) is 1. The Balaban J connectivity index is 2.23. The summed E-state index contributed by atoms with van der Waals surface area (Å²) in [5.41, 5.74) is 6.92. The van der Waals surface area contributed by atoms with Gasteiger partial charge in [-0.2, -0.15) is 0 Å². The first kappa shape index (κ1) is 15.3. The molecular weight excluding hydrogens is 255 g/mol. The van der Waals surface area contributed by atoms with Gasteiger partial charge in [-0.1, -0.05) is 19.9 Å². The summed E-state index contributed by atoms with van der Waals surface area (Å²) < 4.78 is 18.9. The van der Waals surface area contributed by atoms with E-state index in [0.717, 1.165) is 12.1 Å². The molecule has 4 heteroatoms. The summed E-state index contributed by atoms with van der Waals surface area (Å²) in [5.74, 6) is 0.544. The van der Waals surface area contributed by atoms with E-state index in [1.165, 1.54) is 20.0 Å². The maximum atomic E-state index is 13.9. The topological polar surface area (TPSA) is 38.5 Å². The van der Waals surface area contributed by atoms with Gasteiger partial charge in [0, 0.05) is 25.2 Å². The molecule has 1 aromatic rings. The van der Waals surface area contributed by atoms with Crippen LogP contribution in [0.2, 0.25) is 0 Å². The van der Waals surface area contributed by atoms with Gasteiger partial charge in [-0.05, 0) is 36.5 Å². The molecule has 1 aliphatic rings. The smallest absolute Gasteiger partial charge is 0.165 e. The number of rotatable bonds is 7. The largest absolute Gasteiger partial charge is 0.494 e. The highest BCUT2D eigenvalue weighted by molar-refractivity contribution is 5.31. The molecule has 0 radical (unpaired) electrons. The van der Waals surface area contributed by atoms with Crippen molar-refractivity contribution in [1.82, 2.24) is 4.90 Å². The molecule has 1 atom stereocenters. The van der Waals surface area contributed by atoms with E-state index >= 15 is 0 Å². The van der Waals surface area contributed by atoms with Crippen molar-refractivity contribution in [2.75, 3.05) is 20.2 Å². The Morgan fingerprint density at radius 1 is 1.40 bits per heavy atom. The second kappa shape index (κ2) is 6.55. The third kappa shape index (κ3) is 3.49. The molecule has 0 amide bonds. The Bertz CT molecular complexity index is 446. The monoisotopic (exact) mass is 280 g/mol. The Kier molecular flexibility index (Phi) is 5.00. The van der Waals surface area contributed by atoms with Gasteiger partial charge in [0.25, 0.3) is 0 Å². The molecule has 0 spiro atoms. The summed E-state index contributed by atoms with van der Waals surface area (Å²) in [5, 5.41) is 0. The molecule has 0 aromatic heterocycles. The number of nitrogens with zero attached hydrogens (tertiary/aromatic N) is 1. The Morgan fingerprint density at radius 3 is 2.55 bits per heavy atom. The average molecular weight is 280 g/mol. The highest BCUT2D eigenvalue weighted by Crippen LogP contribution is 2.35. The average Bonchev–Trinajstić information content (AvgIpc) is 3.22. The van der Waals surface area contributed by atoms with Crippen molar-refractivity contribution in [2.45, 2.75) is 38.8 Å². The van der Waals surface area contributed by atoms with Crippen molar-refractivity contribution in [3.8, 4) is 5.75 Å². The zero-order valence-electron chi connectivity index (χ0n) is 12.6. The van der Waals surface area contributed by atoms with Crippen LogP contribution in [0.1, 0.15) is 38.3 Å². The highest BCUT2D eigenvalue weighted by Gasteiger charge is 2.34. The zero-order chi connectivity index (χ0) is 14.7. The van der Waals surface area contributed by atoms with Crippen molar-refractivity contribution < 1.29 is 9.13 Å². The molecule has 1 aliphatic carbocycles. The molecule has 2 N–H and O–H groups in total. The fraction of sp³-hybridized carbons (Fsp3) is 0.625. The number of halogens is 1. The van der Waals surface area contributed by atoms with Gasteiger partial charge in [-0.25, -0.2) is 4.39 Å². The van der Waals surface area contributed by atoms with Gasteiger partial charge in [0.05, 0.1) is 7.11 Å². The summed E-state index contributed by atoms with van der Waals surface area (Å²) in [6.45, 7) is 5.92. The van der Waals surface area contributed by atoms with E-state index in [1.807, 2.05) is 6.07 Å². The second-order valence-corrected chi connectivity index (χ2v) is 5.97. The van der Waals surface area contributed by atoms with Crippen LogP contribution in [-0.4, -0.2) is 31.1 Å². The quantitative estimate of drug-likeness (QED) is 0.834. The van der Waals surface area contributed by atoms with E-state index in [4.69, 9.17) is 10.5 Å². The van der Waals surface area contributed by atoms with Crippen LogP contribution >= 0.6 is 0 Å². The van der Waals surface area contributed by atoms with Crippen molar-refractivity contribution in [3.05, 3.63) is 29.6 Å². The molecule has 0 bridgehead atoms. The SMILES string of the molecule is COc1ccc(C(CN)N(CC(C)C)C2CC2)cc1F. The van der Waals surface area contributed by atoms with Crippen LogP contribution in [0.4, 0.5) is 4.39 Å². The maximum Gasteiger partial charge on any atom is 0.165 e. The van der Waals surface area contributed by atoms with Crippen molar-refractivity contribution in [2.24, 2.45) is 11.7 Å². The van der Waals surface area contributed by atoms with Gasteiger partial charge < -0.3 is 10.5 Å². The van der Waals surface area contributed by atoms with Gasteiger partial charge in [-0.3, -0.25) is 4.90 Å². The van der Waals surface area contributed by atoms with E-state index in [0.29, 0.717) is 18.5 Å². The lowest BCUT2D eigenvalue weighted by molar-refractivity contribution is 0.169. The Labute approximate surface area is 120 Å². The predicted molar refractivity (Wildman–Crippen MR) is 79.3 cm³/mol. The highest BCUT2D eigenvalue weighted by atomic mass is 19.1. The standard InChI is InChI=1S/C16H25FN2O/c1-11(2)10-19(13-5-6-13)15(9-18)12-4-7-16(20-3)14(17)8-12/h4,7-8,11,13,15H,5-6,9-10,18H2,1-3H3. The van der Waals surface area contributed by atoms with Crippen LogP contribution in [0.5, 0.6) is 5.75 Å².